The average molecular weight is 238 g/mol. The summed E-state index contributed by atoms with van der Waals surface area (Å²) in [6.45, 7) is 2.08. The van der Waals surface area contributed by atoms with Gasteiger partial charge in [-0.2, -0.15) is 0 Å². The normalized spacial score (nSPS) is 15.4. The molecule has 1 heterocycles. The molecular formula is C12H22N4O. The lowest BCUT2D eigenvalue weighted by Gasteiger charge is -2.00. The van der Waals surface area contributed by atoms with Crippen molar-refractivity contribution in [2.75, 3.05) is 6.61 Å². The third kappa shape index (κ3) is 4.83. The van der Waals surface area contributed by atoms with E-state index in [1.807, 2.05) is 10.9 Å². The lowest BCUT2D eigenvalue weighted by Crippen LogP contribution is -2.15. The number of aliphatic hydroxyl groups is 1. The van der Waals surface area contributed by atoms with Crippen molar-refractivity contribution < 1.29 is 5.11 Å². The van der Waals surface area contributed by atoms with Crippen molar-refractivity contribution in [3.05, 3.63) is 11.9 Å². The number of nitrogens with zero attached hydrogens (tertiary/aromatic N) is 3. The highest BCUT2D eigenvalue weighted by Gasteiger charge is 2.20. The summed E-state index contributed by atoms with van der Waals surface area (Å²) in [4.78, 5) is 0. The summed E-state index contributed by atoms with van der Waals surface area (Å²) in [5, 5.41) is 20.3. The molecule has 2 rings (SSSR count). The first-order valence-corrected chi connectivity index (χ1v) is 6.62. The summed E-state index contributed by atoms with van der Waals surface area (Å²) >= 11 is 0. The van der Waals surface area contributed by atoms with Crippen molar-refractivity contribution >= 4 is 0 Å². The Morgan fingerprint density at radius 3 is 2.88 bits per heavy atom. The summed E-state index contributed by atoms with van der Waals surface area (Å²) in [5.74, 6) is 0. The number of rotatable bonds is 9. The van der Waals surface area contributed by atoms with Crippen molar-refractivity contribution in [1.29, 1.82) is 0 Å². The van der Waals surface area contributed by atoms with Crippen LogP contribution in [0.5, 0.6) is 0 Å². The van der Waals surface area contributed by atoms with Gasteiger partial charge in [0.15, 0.2) is 0 Å². The Balaban J connectivity index is 1.59. The van der Waals surface area contributed by atoms with Crippen molar-refractivity contribution in [3.8, 4) is 0 Å². The Hall–Kier alpha value is -0.940. The van der Waals surface area contributed by atoms with Crippen LogP contribution in [-0.2, 0) is 13.1 Å². The molecule has 2 N–H and O–H groups in total. The van der Waals surface area contributed by atoms with Gasteiger partial charge in [0.2, 0.25) is 0 Å². The minimum absolute atomic E-state index is 0.306. The fraction of sp³-hybridized carbons (Fsp3) is 0.833. The monoisotopic (exact) mass is 238 g/mol. The van der Waals surface area contributed by atoms with Crippen LogP contribution < -0.4 is 5.32 Å². The number of aromatic nitrogens is 3. The smallest absolute Gasteiger partial charge is 0.0964 e. The number of aryl methyl sites for hydroxylation is 1. The van der Waals surface area contributed by atoms with E-state index in [4.69, 9.17) is 5.11 Å². The number of nitrogens with one attached hydrogen (secondary N) is 1. The topological polar surface area (TPSA) is 63.0 Å². The molecule has 0 radical (unpaired) electrons. The van der Waals surface area contributed by atoms with Crippen molar-refractivity contribution in [1.82, 2.24) is 20.3 Å². The van der Waals surface area contributed by atoms with Gasteiger partial charge < -0.3 is 10.4 Å². The second-order valence-corrected chi connectivity index (χ2v) is 4.77. The second kappa shape index (κ2) is 6.71. The third-order valence-corrected chi connectivity index (χ3v) is 3.03. The Morgan fingerprint density at radius 1 is 1.29 bits per heavy atom. The van der Waals surface area contributed by atoms with E-state index >= 15 is 0 Å². The first-order chi connectivity index (χ1) is 8.38. The summed E-state index contributed by atoms with van der Waals surface area (Å²) in [6, 6.07) is 0.721. The van der Waals surface area contributed by atoms with Crippen molar-refractivity contribution in [2.24, 2.45) is 0 Å². The quantitative estimate of drug-likeness (QED) is 0.632. The fourth-order valence-corrected chi connectivity index (χ4v) is 1.80. The summed E-state index contributed by atoms with van der Waals surface area (Å²) in [7, 11) is 0. The van der Waals surface area contributed by atoms with Crippen LogP contribution in [0.2, 0.25) is 0 Å². The van der Waals surface area contributed by atoms with Crippen LogP contribution in [-0.4, -0.2) is 32.7 Å². The van der Waals surface area contributed by atoms with Crippen LogP contribution in [0.4, 0.5) is 0 Å². The second-order valence-electron chi connectivity index (χ2n) is 4.77. The van der Waals surface area contributed by atoms with Gasteiger partial charge in [-0.3, -0.25) is 4.68 Å². The molecule has 0 saturated heterocycles. The van der Waals surface area contributed by atoms with E-state index in [0.29, 0.717) is 6.61 Å². The van der Waals surface area contributed by atoms with E-state index in [-0.39, 0.29) is 0 Å². The summed E-state index contributed by atoms with van der Waals surface area (Å²) < 4.78 is 1.92. The maximum Gasteiger partial charge on any atom is 0.0964 e. The SMILES string of the molecule is OCCCCCCn1cc(CNC2CC2)nn1. The molecule has 96 valence electrons. The zero-order valence-electron chi connectivity index (χ0n) is 10.3. The molecule has 1 aromatic heterocycles. The molecule has 1 aliphatic carbocycles. The summed E-state index contributed by atoms with van der Waals surface area (Å²) in [5.41, 5.74) is 1.03. The van der Waals surface area contributed by atoms with Crippen LogP contribution in [0.3, 0.4) is 0 Å². The zero-order valence-corrected chi connectivity index (χ0v) is 10.3. The van der Waals surface area contributed by atoms with Crippen LogP contribution in [0.15, 0.2) is 6.20 Å². The van der Waals surface area contributed by atoms with Gasteiger partial charge in [-0.25, -0.2) is 0 Å². The molecule has 5 heteroatoms. The molecule has 0 spiro atoms. The molecule has 0 bridgehead atoms. The molecule has 0 amide bonds. The Kier molecular flexibility index (Phi) is 4.94. The van der Waals surface area contributed by atoms with E-state index in [1.54, 1.807) is 0 Å². The van der Waals surface area contributed by atoms with Gasteiger partial charge in [-0.15, -0.1) is 5.10 Å². The van der Waals surface area contributed by atoms with E-state index in [2.05, 4.69) is 15.6 Å². The number of aliphatic hydroxyl groups excluding tert-OH is 1. The molecule has 0 unspecified atom stereocenters. The van der Waals surface area contributed by atoms with Gasteiger partial charge in [-0.05, 0) is 25.7 Å². The first kappa shape index (κ1) is 12.5. The highest BCUT2D eigenvalue weighted by atomic mass is 16.2. The molecule has 0 aliphatic heterocycles. The molecule has 1 aliphatic rings. The van der Waals surface area contributed by atoms with Crippen LogP contribution in [0.1, 0.15) is 44.2 Å². The zero-order chi connectivity index (χ0) is 11.9. The third-order valence-electron chi connectivity index (χ3n) is 3.03. The van der Waals surface area contributed by atoms with E-state index in [0.717, 1.165) is 50.5 Å². The van der Waals surface area contributed by atoms with E-state index in [9.17, 15) is 0 Å². The fourth-order valence-electron chi connectivity index (χ4n) is 1.80. The van der Waals surface area contributed by atoms with Gasteiger partial charge in [0.1, 0.15) is 0 Å². The highest BCUT2D eigenvalue weighted by molar-refractivity contribution is 4.94. The Morgan fingerprint density at radius 2 is 2.12 bits per heavy atom. The molecule has 1 saturated carbocycles. The molecular weight excluding hydrogens is 216 g/mol. The minimum atomic E-state index is 0.306. The minimum Gasteiger partial charge on any atom is -0.396 e. The van der Waals surface area contributed by atoms with E-state index in [1.165, 1.54) is 12.8 Å². The molecule has 0 aromatic carbocycles. The number of hydrogen-bond donors (Lipinski definition) is 2. The molecule has 0 atom stereocenters. The molecule has 1 aromatic rings. The number of unbranched alkanes of at least 4 members (excludes halogenated alkanes) is 3. The maximum absolute atomic E-state index is 8.66. The van der Waals surface area contributed by atoms with Crippen LogP contribution in [0, 0.1) is 0 Å². The van der Waals surface area contributed by atoms with Crippen LogP contribution in [0.25, 0.3) is 0 Å². The largest absolute Gasteiger partial charge is 0.396 e. The molecule has 5 nitrogen and oxygen atoms in total. The lowest BCUT2D eigenvalue weighted by molar-refractivity contribution is 0.282. The van der Waals surface area contributed by atoms with Crippen molar-refractivity contribution in [2.45, 2.75) is 57.7 Å². The highest BCUT2D eigenvalue weighted by Crippen LogP contribution is 2.18. The Bertz CT molecular complexity index is 322. The predicted octanol–water partition coefficient (Wildman–Crippen LogP) is 1.08. The maximum atomic E-state index is 8.66. The van der Waals surface area contributed by atoms with Crippen LogP contribution >= 0.6 is 0 Å². The van der Waals surface area contributed by atoms with Gasteiger partial charge in [0.25, 0.3) is 0 Å². The van der Waals surface area contributed by atoms with E-state index < -0.39 is 0 Å². The molecule has 1 fully saturated rings. The average Bonchev–Trinajstić information content (AvgIpc) is 3.06. The number of hydrogen-bond acceptors (Lipinski definition) is 4. The summed E-state index contributed by atoms with van der Waals surface area (Å²) in [6.07, 6.45) is 8.91. The predicted molar refractivity (Wildman–Crippen MR) is 65.4 cm³/mol. The standard InChI is InChI=1S/C12H22N4O/c17-8-4-2-1-3-7-16-10-12(14-15-16)9-13-11-5-6-11/h10-11,13,17H,1-9H2. The van der Waals surface area contributed by atoms with Gasteiger partial charge in [0, 0.05) is 31.9 Å². The lowest BCUT2D eigenvalue weighted by atomic mass is 10.2. The van der Waals surface area contributed by atoms with Gasteiger partial charge >= 0.3 is 0 Å². The molecule has 17 heavy (non-hydrogen) atoms. The Labute approximate surface area is 102 Å². The van der Waals surface area contributed by atoms with Gasteiger partial charge in [0.05, 0.1) is 5.69 Å². The van der Waals surface area contributed by atoms with Gasteiger partial charge in [-0.1, -0.05) is 18.1 Å². The van der Waals surface area contributed by atoms with Crippen molar-refractivity contribution in [3.63, 3.8) is 0 Å². The first-order valence-electron chi connectivity index (χ1n) is 6.62.